The van der Waals surface area contributed by atoms with Gasteiger partial charge in [0.15, 0.2) is 0 Å². The Morgan fingerprint density at radius 2 is 1.79 bits per heavy atom. The highest BCUT2D eigenvalue weighted by Crippen LogP contribution is 2.29. The number of rotatable bonds is 9. The molecule has 0 saturated carbocycles. The van der Waals surface area contributed by atoms with Crippen molar-refractivity contribution < 1.29 is 18.1 Å². The molecule has 1 aliphatic rings. The van der Waals surface area contributed by atoms with Gasteiger partial charge in [-0.3, -0.25) is 19.2 Å². The van der Waals surface area contributed by atoms with Gasteiger partial charge in [-0.1, -0.05) is 38.1 Å². The van der Waals surface area contributed by atoms with Gasteiger partial charge in [0.1, 0.15) is 6.04 Å². The minimum Gasteiger partial charge on any atom is -0.347 e. The van der Waals surface area contributed by atoms with Crippen LogP contribution in [0.25, 0.3) is 0 Å². The summed E-state index contributed by atoms with van der Waals surface area (Å²) in [4.78, 5) is 23.9. The van der Waals surface area contributed by atoms with E-state index < -0.39 is 26.9 Å². The molecule has 0 fully saturated rings. The van der Waals surface area contributed by atoms with Gasteiger partial charge < -0.3 is 5.32 Å². The Hall–Kier alpha value is -2.94. The number of benzene rings is 2. The number of aryl methyl sites for hydroxylation is 2. The summed E-state index contributed by atoms with van der Waals surface area (Å²) in [5.41, 5.74) is 3.52. The van der Waals surface area contributed by atoms with Crippen LogP contribution in [0.15, 0.2) is 42.5 Å². The van der Waals surface area contributed by atoms with Crippen molar-refractivity contribution in [2.75, 3.05) is 10.6 Å². The fourth-order valence-electron chi connectivity index (χ4n) is 4.46. The summed E-state index contributed by atoms with van der Waals surface area (Å²) in [5.74, 6) is -0.431. The van der Waals surface area contributed by atoms with Gasteiger partial charge in [-0.25, -0.2) is 8.42 Å². The molecule has 0 aromatic heterocycles. The zero-order valence-electron chi connectivity index (χ0n) is 19.3. The van der Waals surface area contributed by atoms with Gasteiger partial charge in [-0.2, -0.15) is 0 Å². The molecule has 2 aromatic carbocycles. The molecule has 0 aliphatic heterocycles. The largest absolute Gasteiger partial charge is 0.347 e. The summed E-state index contributed by atoms with van der Waals surface area (Å²) in [6, 6.07) is 10.4. The molecule has 8 nitrogen and oxygen atoms in total. The van der Waals surface area contributed by atoms with Crippen molar-refractivity contribution >= 4 is 27.3 Å². The highest BCUT2D eigenvalue weighted by molar-refractivity contribution is 7.92. The Morgan fingerprint density at radius 3 is 2.39 bits per heavy atom. The van der Waals surface area contributed by atoms with Crippen LogP contribution in [0, 0.1) is 10.1 Å². The lowest BCUT2D eigenvalue weighted by atomic mass is 9.88. The molecular weight excluding hydrogens is 442 g/mol. The first-order valence-electron chi connectivity index (χ1n) is 11.3. The predicted octanol–water partition coefficient (Wildman–Crippen LogP) is 4.29. The van der Waals surface area contributed by atoms with Gasteiger partial charge in [-0.05, 0) is 61.3 Å². The van der Waals surface area contributed by atoms with E-state index in [-0.39, 0.29) is 23.8 Å². The topological polar surface area (TPSA) is 110 Å². The molecule has 178 valence electrons. The fraction of sp³-hybridized carbons (Fsp3) is 0.458. The SMILES string of the molecule is CC[C@H](NC(=O)[C@@H](CC)N(c1cccc([N+](=O)[O-])c1)S(C)(=O)=O)c1ccc2c(c1)CCCC2. The van der Waals surface area contributed by atoms with E-state index in [2.05, 4.69) is 17.4 Å². The van der Waals surface area contributed by atoms with E-state index >= 15 is 0 Å². The normalized spacial score (nSPS) is 15.2. The standard InChI is InChI=1S/C24H31N3O5S/c1-4-22(19-14-13-17-9-6-7-10-18(17)15-19)25-24(28)23(5-2)26(33(3,31)32)20-11-8-12-21(16-20)27(29)30/h8,11-16,22-23H,4-7,9-10H2,1-3H3,(H,25,28)/t22-,23+/m0/s1. The third-order valence-corrected chi connectivity index (χ3v) is 7.30. The lowest BCUT2D eigenvalue weighted by molar-refractivity contribution is -0.384. The van der Waals surface area contributed by atoms with Crippen molar-refractivity contribution in [3.05, 3.63) is 69.3 Å². The number of nitro groups is 1. The molecule has 2 atom stereocenters. The molecule has 1 N–H and O–H groups in total. The Labute approximate surface area is 195 Å². The number of non-ortho nitro benzene ring substituents is 1. The molecule has 33 heavy (non-hydrogen) atoms. The molecule has 0 unspecified atom stereocenters. The lowest BCUT2D eigenvalue weighted by Crippen LogP contribution is -2.50. The third kappa shape index (κ3) is 5.71. The molecule has 0 spiro atoms. The van der Waals surface area contributed by atoms with E-state index in [9.17, 15) is 23.3 Å². The molecule has 0 heterocycles. The molecular formula is C24H31N3O5S. The van der Waals surface area contributed by atoms with E-state index in [0.717, 1.165) is 35.4 Å². The summed E-state index contributed by atoms with van der Waals surface area (Å²) in [6.07, 6.45) is 6.31. The zero-order chi connectivity index (χ0) is 24.2. The van der Waals surface area contributed by atoms with Gasteiger partial charge >= 0.3 is 0 Å². The molecule has 0 radical (unpaired) electrons. The summed E-state index contributed by atoms with van der Waals surface area (Å²) in [7, 11) is -3.89. The Morgan fingerprint density at radius 1 is 1.09 bits per heavy atom. The molecule has 0 bridgehead atoms. The Bertz CT molecular complexity index is 1130. The molecule has 1 amide bonds. The molecule has 3 rings (SSSR count). The Balaban J connectivity index is 1.90. The van der Waals surface area contributed by atoms with Crippen molar-refractivity contribution in [2.24, 2.45) is 0 Å². The number of nitrogens with zero attached hydrogens (tertiary/aromatic N) is 2. The number of carbonyl (C=O) groups is 1. The minimum absolute atomic E-state index is 0.0931. The quantitative estimate of drug-likeness (QED) is 0.432. The Kier molecular flexibility index (Phi) is 7.73. The number of nitro benzene ring substituents is 1. The number of anilines is 1. The number of amides is 1. The number of fused-ring (bicyclic) bond motifs is 1. The maximum absolute atomic E-state index is 13.3. The summed E-state index contributed by atoms with van der Waals surface area (Å²) in [6.45, 7) is 3.69. The minimum atomic E-state index is -3.89. The van der Waals surface area contributed by atoms with Crippen molar-refractivity contribution in [1.29, 1.82) is 0 Å². The second-order valence-electron chi connectivity index (χ2n) is 8.46. The predicted molar refractivity (Wildman–Crippen MR) is 129 cm³/mol. The van der Waals surface area contributed by atoms with E-state index in [0.29, 0.717) is 6.42 Å². The fourth-order valence-corrected chi connectivity index (χ4v) is 5.67. The average molecular weight is 474 g/mol. The van der Waals surface area contributed by atoms with Crippen LogP contribution in [-0.4, -0.2) is 31.5 Å². The van der Waals surface area contributed by atoms with Gasteiger partial charge in [0.25, 0.3) is 5.69 Å². The van der Waals surface area contributed by atoms with Crippen LogP contribution in [0.5, 0.6) is 0 Å². The number of hydrogen-bond donors (Lipinski definition) is 1. The average Bonchev–Trinajstić information content (AvgIpc) is 2.79. The van der Waals surface area contributed by atoms with Crippen LogP contribution in [0.2, 0.25) is 0 Å². The molecule has 9 heteroatoms. The van der Waals surface area contributed by atoms with E-state index in [1.54, 1.807) is 6.92 Å². The third-order valence-electron chi connectivity index (χ3n) is 6.12. The first-order valence-corrected chi connectivity index (χ1v) is 13.2. The monoisotopic (exact) mass is 473 g/mol. The highest BCUT2D eigenvalue weighted by atomic mass is 32.2. The second-order valence-corrected chi connectivity index (χ2v) is 10.3. The highest BCUT2D eigenvalue weighted by Gasteiger charge is 2.33. The number of nitrogens with one attached hydrogen (secondary N) is 1. The van der Waals surface area contributed by atoms with Crippen LogP contribution >= 0.6 is 0 Å². The molecule has 2 aromatic rings. The van der Waals surface area contributed by atoms with Crippen LogP contribution in [-0.2, 0) is 27.7 Å². The first-order chi connectivity index (χ1) is 15.7. The molecule has 1 aliphatic carbocycles. The lowest BCUT2D eigenvalue weighted by Gasteiger charge is -2.31. The summed E-state index contributed by atoms with van der Waals surface area (Å²) >= 11 is 0. The smallest absolute Gasteiger partial charge is 0.271 e. The first kappa shape index (κ1) is 24.7. The maximum atomic E-state index is 13.3. The van der Waals surface area contributed by atoms with Crippen LogP contribution in [0.1, 0.15) is 62.3 Å². The van der Waals surface area contributed by atoms with Gasteiger partial charge in [0, 0.05) is 12.1 Å². The van der Waals surface area contributed by atoms with Gasteiger partial charge in [-0.15, -0.1) is 0 Å². The summed E-state index contributed by atoms with van der Waals surface area (Å²) in [5, 5.41) is 14.2. The zero-order valence-corrected chi connectivity index (χ0v) is 20.1. The van der Waals surface area contributed by atoms with Crippen LogP contribution < -0.4 is 9.62 Å². The number of sulfonamides is 1. The van der Waals surface area contributed by atoms with Crippen molar-refractivity contribution in [3.63, 3.8) is 0 Å². The maximum Gasteiger partial charge on any atom is 0.271 e. The second kappa shape index (κ2) is 10.3. The summed E-state index contributed by atoms with van der Waals surface area (Å²) < 4.78 is 26.3. The van der Waals surface area contributed by atoms with Gasteiger partial charge in [0.05, 0.1) is 22.9 Å². The van der Waals surface area contributed by atoms with Crippen molar-refractivity contribution in [3.8, 4) is 0 Å². The number of carbonyl (C=O) groups excluding carboxylic acids is 1. The van der Waals surface area contributed by atoms with Crippen molar-refractivity contribution in [1.82, 2.24) is 5.32 Å². The van der Waals surface area contributed by atoms with Crippen LogP contribution in [0.3, 0.4) is 0 Å². The molecule has 0 saturated heterocycles. The number of hydrogen-bond acceptors (Lipinski definition) is 5. The van der Waals surface area contributed by atoms with Crippen molar-refractivity contribution in [2.45, 2.75) is 64.5 Å². The van der Waals surface area contributed by atoms with Crippen LogP contribution in [0.4, 0.5) is 11.4 Å². The van der Waals surface area contributed by atoms with Gasteiger partial charge in [0.2, 0.25) is 15.9 Å². The van der Waals surface area contributed by atoms with E-state index in [4.69, 9.17) is 0 Å². The van der Waals surface area contributed by atoms with E-state index in [1.807, 2.05) is 13.0 Å². The van der Waals surface area contributed by atoms with E-state index in [1.165, 1.54) is 41.8 Å².